The van der Waals surface area contributed by atoms with E-state index in [9.17, 15) is 4.79 Å². The molecule has 0 amide bonds. The number of Topliss-reactive ketones (excluding diaryl/α,β-unsaturated/α-hetero) is 1. The SMILES string of the molecule is Cc1cc(C)cc(CC(=O)C[C@@H]2CCCN(C(C)C)C2)c1. The van der Waals surface area contributed by atoms with Gasteiger partial charge in [0.2, 0.25) is 0 Å². The molecule has 1 aliphatic heterocycles. The number of hydrogen-bond donors (Lipinski definition) is 0. The van der Waals surface area contributed by atoms with Crippen LogP contribution in [0.3, 0.4) is 0 Å². The minimum atomic E-state index is 0.399. The van der Waals surface area contributed by atoms with E-state index in [-0.39, 0.29) is 0 Å². The van der Waals surface area contributed by atoms with Crippen LogP contribution in [0.15, 0.2) is 18.2 Å². The Labute approximate surface area is 129 Å². The summed E-state index contributed by atoms with van der Waals surface area (Å²) in [5.41, 5.74) is 3.68. The van der Waals surface area contributed by atoms with Crippen LogP contribution in [0.2, 0.25) is 0 Å². The standard InChI is InChI=1S/C19H29NO/c1-14(2)20-7-5-6-17(13-20)11-19(21)12-18-9-15(3)8-16(4)10-18/h8-10,14,17H,5-7,11-13H2,1-4H3/t17-/m0/s1. The van der Waals surface area contributed by atoms with Gasteiger partial charge in [-0.15, -0.1) is 0 Å². The van der Waals surface area contributed by atoms with E-state index in [0.717, 1.165) is 13.0 Å². The summed E-state index contributed by atoms with van der Waals surface area (Å²) in [7, 11) is 0. The van der Waals surface area contributed by atoms with Crippen molar-refractivity contribution < 1.29 is 4.79 Å². The van der Waals surface area contributed by atoms with E-state index in [0.29, 0.717) is 24.2 Å². The second-order valence-corrected chi connectivity index (χ2v) is 7.01. The summed E-state index contributed by atoms with van der Waals surface area (Å²) < 4.78 is 0. The van der Waals surface area contributed by atoms with Crippen LogP contribution in [-0.4, -0.2) is 29.8 Å². The molecule has 0 aromatic heterocycles. The maximum Gasteiger partial charge on any atom is 0.137 e. The first-order valence-corrected chi connectivity index (χ1v) is 8.27. The van der Waals surface area contributed by atoms with Crippen LogP contribution in [0, 0.1) is 19.8 Å². The molecule has 1 aromatic carbocycles. The first-order chi connectivity index (χ1) is 9.94. The number of aryl methyl sites for hydroxylation is 2. The summed E-state index contributed by atoms with van der Waals surface area (Å²) in [6, 6.07) is 7.05. The second-order valence-electron chi connectivity index (χ2n) is 7.01. The fraction of sp³-hybridized carbons (Fsp3) is 0.632. The van der Waals surface area contributed by atoms with E-state index in [4.69, 9.17) is 0 Å². The van der Waals surface area contributed by atoms with Crippen molar-refractivity contribution in [1.82, 2.24) is 4.90 Å². The van der Waals surface area contributed by atoms with Crippen LogP contribution in [-0.2, 0) is 11.2 Å². The Morgan fingerprint density at radius 1 is 1.24 bits per heavy atom. The number of piperidine rings is 1. The molecule has 1 saturated heterocycles. The van der Waals surface area contributed by atoms with Gasteiger partial charge in [-0.3, -0.25) is 4.79 Å². The van der Waals surface area contributed by atoms with E-state index in [1.165, 1.54) is 36.1 Å². The molecule has 2 rings (SSSR count). The van der Waals surface area contributed by atoms with Crippen LogP contribution in [0.25, 0.3) is 0 Å². The molecule has 1 aromatic rings. The molecule has 2 nitrogen and oxygen atoms in total. The largest absolute Gasteiger partial charge is 0.301 e. The Morgan fingerprint density at radius 3 is 2.52 bits per heavy atom. The van der Waals surface area contributed by atoms with Gasteiger partial charge in [0.25, 0.3) is 0 Å². The molecule has 116 valence electrons. The van der Waals surface area contributed by atoms with Gasteiger partial charge in [-0.05, 0) is 58.6 Å². The minimum absolute atomic E-state index is 0.399. The predicted molar refractivity (Wildman–Crippen MR) is 88.7 cm³/mol. The molecule has 1 atom stereocenters. The average Bonchev–Trinajstić information content (AvgIpc) is 2.37. The highest BCUT2D eigenvalue weighted by molar-refractivity contribution is 5.81. The Kier molecular flexibility index (Phi) is 5.58. The van der Waals surface area contributed by atoms with Crippen molar-refractivity contribution in [3.8, 4) is 0 Å². The van der Waals surface area contributed by atoms with Crippen molar-refractivity contribution in [1.29, 1.82) is 0 Å². The van der Waals surface area contributed by atoms with Crippen LogP contribution in [0.5, 0.6) is 0 Å². The normalized spacial score (nSPS) is 20.0. The number of carbonyl (C=O) groups excluding carboxylic acids is 1. The topological polar surface area (TPSA) is 20.3 Å². The fourth-order valence-electron chi connectivity index (χ4n) is 3.53. The molecule has 0 unspecified atom stereocenters. The third kappa shape index (κ3) is 4.96. The summed E-state index contributed by atoms with van der Waals surface area (Å²) in [6.45, 7) is 11.0. The highest BCUT2D eigenvalue weighted by Crippen LogP contribution is 2.22. The van der Waals surface area contributed by atoms with Crippen molar-refractivity contribution in [2.45, 2.75) is 59.4 Å². The summed E-state index contributed by atoms with van der Waals surface area (Å²) >= 11 is 0. The Bertz CT molecular complexity index is 472. The summed E-state index contributed by atoms with van der Waals surface area (Å²) in [4.78, 5) is 14.9. The molecule has 0 aliphatic carbocycles. The molecule has 0 spiro atoms. The molecule has 0 N–H and O–H groups in total. The van der Waals surface area contributed by atoms with Gasteiger partial charge in [0.05, 0.1) is 0 Å². The Hall–Kier alpha value is -1.15. The fourth-order valence-corrected chi connectivity index (χ4v) is 3.53. The van der Waals surface area contributed by atoms with Gasteiger partial charge in [0.1, 0.15) is 5.78 Å². The van der Waals surface area contributed by atoms with Crippen LogP contribution >= 0.6 is 0 Å². The van der Waals surface area contributed by atoms with Crippen molar-refractivity contribution in [2.24, 2.45) is 5.92 Å². The lowest BCUT2D eigenvalue weighted by Crippen LogP contribution is -2.40. The number of ketones is 1. The van der Waals surface area contributed by atoms with E-state index in [2.05, 4.69) is 50.8 Å². The molecule has 0 bridgehead atoms. The molecular formula is C19H29NO. The van der Waals surface area contributed by atoms with E-state index in [1.807, 2.05) is 0 Å². The highest BCUT2D eigenvalue weighted by atomic mass is 16.1. The molecule has 1 aliphatic rings. The van der Waals surface area contributed by atoms with Gasteiger partial charge in [-0.2, -0.15) is 0 Å². The predicted octanol–water partition coefficient (Wildman–Crippen LogP) is 3.93. The van der Waals surface area contributed by atoms with Gasteiger partial charge < -0.3 is 4.90 Å². The molecule has 1 heterocycles. The number of rotatable bonds is 5. The zero-order valence-electron chi connectivity index (χ0n) is 14.0. The second kappa shape index (κ2) is 7.22. The van der Waals surface area contributed by atoms with E-state index in [1.54, 1.807) is 0 Å². The quantitative estimate of drug-likeness (QED) is 0.818. The molecule has 0 saturated carbocycles. The van der Waals surface area contributed by atoms with Crippen LogP contribution < -0.4 is 0 Å². The molecule has 2 heteroatoms. The number of benzene rings is 1. The molecular weight excluding hydrogens is 258 g/mol. The van der Waals surface area contributed by atoms with Crippen molar-refractivity contribution in [3.05, 3.63) is 34.9 Å². The number of likely N-dealkylation sites (tertiary alicyclic amines) is 1. The number of hydrogen-bond acceptors (Lipinski definition) is 2. The minimum Gasteiger partial charge on any atom is -0.301 e. The monoisotopic (exact) mass is 287 g/mol. The molecule has 0 radical (unpaired) electrons. The van der Waals surface area contributed by atoms with Gasteiger partial charge in [-0.25, -0.2) is 0 Å². The lowest BCUT2D eigenvalue weighted by Gasteiger charge is -2.35. The van der Waals surface area contributed by atoms with Gasteiger partial charge in [0.15, 0.2) is 0 Å². The number of carbonyl (C=O) groups is 1. The van der Waals surface area contributed by atoms with Gasteiger partial charge >= 0.3 is 0 Å². The molecule has 21 heavy (non-hydrogen) atoms. The van der Waals surface area contributed by atoms with Crippen molar-refractivity contribution in [2.75, 3.05) is 13.1 Å². The van der Waals surface area contributed by atoms with Gasteiger partial charge in [-0.1, -0.05) is 29.3 Å². The maximum atomic E-state index is 12.4. The third-order valence-corrected chi connectivity index (χ3v) is 4.48. The summed E-state index contributed by atoms with van der Waals surface area (Å²) in [5.74, 6) is 0.954. The van der Waals surface area contributed by atoms with Gasteiger partial charge in [0, 0.05) is 25.4 Å². The summed E-state index contributed by atoms with van der Waals surface area (Å²) in [6.07, 6.45) is 3.79. The average molecular weight is 287 g/mol. The molecule has 1 fully saturated rings. The third-order valence-electron chi connectivity index (χ3n) is 4.48. The maximum absolute atomic E-state index is 12.4. The smallest absolute Gasteiger partial charge is 0.137 e. The van der Waals surface area contributed by atoms with Crippen molar-refractivity contribution in [3.63, 3.8) is 0 Å². The lowest BCUT2D eigenvalue weighted by atomic mass is 9.90. The first-order valence-electron chi connectivity index (χ1n) is 8.27. The lowest BCUT2D eigenvalue weighted by molar-refractivity contribution is -0.119. The number of nitrogens with zero attached hydrogens (tertiary/aromatic N) is 1. The van der Waals surface area contributed by atoms with Crippen LogP contribution in [0.1, 0.15) is 49.8 Å². The van der Waals surface area contributed by atoms with Crippen molar-refractivity contribution >= 4 is 5.78 Å². The summed E-state index contributed by atoms with van der Waals surface area (Å²) in [5, 5.41) is 0. The Morgan fingerprint density at radius 2 is 1.90 bits per heavy atom. The Balaban J connectivity index is 1.89. The van der Waals surface area contributed by atoms with E-state index < -0.39 is 0 Å². The zero-order valence-corrected chi connectivity index (χ0v) is 14.0. The zero-order chi connectivity index (χ0) is 15.4. The highest BCUT2D eigenvalue weighted by Gasteiger charge is 2.23. The van der Waals surface area contributed by atoms with Crippen LogP contribution in [0.4, 0.5) is 0 Å². The first kappa shape index (κ1) is 16.2. The van der Waals surface area contributed by atoms with E-state index >= 15 is 0 Å².